The Morgan fingerprint density at radius 2 is 0.833 bits per heavy atom. The van der Waals surface area contributed by atoms with Crippen LogP contribution in [0.2, 0.25) is 0 Å². The van der Waals surface area contributed by atoms with Crippen molar-refractivity contribution >= 4 is 0 Å². The van der Waals surface area contributed by atoms with Gasteiger partial charge in [0.25, 0.3) is 0 Å². The van der Waals surface area contributed by atoms with Gasteiger partial charge in [0.2, 0.25) is 0 Å². The lowest BCUT2D eigenvalue weighted by Gasteiger charge is -2.13. The number of hydrogen-bond donors (Lipinski definition) is 6. The van der Waals surface area contributed by atoms with Crippen molar-refractivity contribution in [2.24, 2.45) is 11.8 Å². The van der Waals surface area contributed by atoms with Crippen LogP contribution in [0.1, 0.15) is 77.3 Å². The van der Waals surface area contributed by atoms with Gasteiger partial charge in [0, 0.05) is 13.1 Å². The Kier molecular flexibility index (Phi) is 21.3. The molecule has 6 heteroatoms. The Bertz CT molecular complexity index is 835. The first kappa shape index (κ1) is 36.4. The van der Waals surface area contributed by atoms with E-state index in [-0.39, 0.29) is 0 Å². The molecule has 42 heavy (non-hydrogen) atoms. The molecule has 0 amide bonds. The molecule has 0 spiro atoms. The zero-order valence-corrected chi connectivity index (χ0v) is 27.5. The molecule has 0 aliphatic rings. The summed E-state index contributed by atoms with van der Waals surface area (Å²) in [6, 6.07) is 17.9. The molecule has 0 heterocycles. The number of nitrogens with one attached hydrogen (secondary N) is 6. The van der Waals surface area contributed by atoms with Crippen LogP contribution in [-0.4, -0.2) is 65.4 Å². The normalized spacial score (nSPS) is 11.7. The van der Waals surface area contributed by atoms with Crippen molar-refractivity contribution in [3.8, 4) is 11.1 Å². The summed E-state index contributed by atoms with van der Waals surface area (Å²) in [6.45, 7) is 21.9. The number of benzene rings is 2. The number of hydrogen-bond acceptors (Lipinski definition) is 6. The molecule has 0 fully saturated rings. The van der Waals surface area contributed by atoms with Crippen molar-refractivity contribution in [1.82, 2.24) is 31.9 Å². The first-order valence-electron chi connectivity index (χ1n) is 17.0. The van der Waals surface area contributed by atoms with Crippen LogP contribution < -0.4 is 31.9 Å². The molecule has 0 radical (unpaired) electrons. The van der Waals surface area contributed by atoms with E-state index in [1.54, 1.807) is 0 Å². The third-order valence-electron chi connectivity index (χ3n) is 7.25. The van der Waals surface area contributed by atoms with Gasteiger partial charge in [-0.25, -0.2) is 0 Å². The number of rotatable bonds is 27. The average molecular weight is 581 g/mol. The lowest BCUT2D eigenvalue weighted by Crippen LogP contribution is -2.25. The molecular formula is C36H64N6. The van der Waals surface area contributed by atoms with Gasteiger partial charge in [0.1, 0.15) is 0 Å². The second kappa shape index (κ2) is 24.6. The summed E-state index contributed by atoms with van der Waals surface area (Å²) in [5, 5.41) is 21.6. The van der Waals surface area contributed by atoms with Crippen LogP contribution in [0.4, 0.5) is 0 Å². The minimum absolute atomic E-state index is 0.731. The largest absolute Gasteiger partial charge is 0.317 e. The van der Waals surface area contributed by atoms with E-state index in [0.29, 0.717) is 0 Å². The van der Waals surface area contributed by atoms with Gasteiger partial charge in [-0.2, -0.15) is 0 Å². The van der Waals surface area contributed by atoms with Gasteiger partial charge in [-0.1, -0.05) is 64.1 Å². The molecule has 6 nitrogen and oxygen atoms in total. The lowest BCUT2D eigenvalue weighted by molar-refractivity contribution is 0.523. The SMILES string of the molecule is CC(C)CNCCCNCCCCNCc1cc(CNCCCCNCCCNCC(C)C)cc(-c2ccccc2)c1. The monoisotopic (exact) mass is 581 g/mol. The van der Waals surface area contributed by atoms with E-state index in [9.17, 15) is 0 Å². The van der Waals surface area contributed by atoms with E-state index in [1.165, 1.54) is 60.8 Å². The Morgan fingerprint density at radius 3 is 1.29 bits per heavy atom. The van der Waals surface area contributed by atoms with E-state index in [0.717, 1.165) is 90.4 Å². The molecule has 0 aliphatic carbocycles. The quantitative estimate of drug-likeness (QED) is 0.0780. The van der Waals surface area contributed by atoms with Crippen LogP contribution in [0.3, 0.4) is 0 Å². The summed E-state index contributed by atoms with van der Waals surface area (Å²) < 4.78 is 0. The van der Waals surface area contributed by atoms with Crippen molar-refractivity contribution < 1.29 is 0 Å². The van der Waals surface area contributed by atoms with Crippen LogP contribution in [-0.2, 0) is 13.1 Å². The van der Waals surface area contributed by atoms with Crippen molar-refractivity contribution in [3.63, 3.8) is 0 Å². The summed E-state index contributed by atoms with van der Waals surface area (Å²) in [5.41, 5.74) is 5.34. The molecule has 6 N–H and O–H groups in total. The third-order valence-corrected chi connectivity index (χ3v) is 7.25. The smallest absolute Gasteiger partial charge is 0.0205 e. The fourth-order valence-corrected chi connectivity index (χ4v) is 4.94. The molecule has 2 rings (SSSR count). The predicted octanol–water partition coefficient (Wildman–Crippen LogP) is 5.54. The van der Waals surface area contributed by atoms with Gasteiger partial charge in [-0.05, 0) is 150 Å². The van der Waals surface area contributed by atoms with Gasteiger partial charge in [-0.15, -0.1) is 0 Å². The average Bonchev–Trinajstić information content (AvgIpc) is 2.98. The minimum atomic E-state index is 0.731. The Labute approximate surface area is 259 Å². The molecule has 2 aromatic rings. The highest BCUT2D eigenvalue weighted by atomic mass is 14.9. The van der Waals surface area contributed by atoms with Gasteiger partial charge in [0.15, 0.2) is 0 Å². The summed E-state index contributed by atoms with van der Waals surface area (Å²) >= 11 is 0. The first-order valence-corrected chi connectivity index (χ1v) is 17.0. The molecule has 0 atom stereocenters. The van der Waals surface area contributed by atoms with E-state index >= 15 is 0 Å². The van der Waals surface area contributed by atoms with Gasteiger partial charge in [0.05, 0.1) is 0 Å². The molecule has 238 valence electrons. The molecule has 0 saturated carbocycles. The van der Waals surface area contributed by atoms with Crippen LogP contribution >= 0.6 is 0 Å². The maximum Gasteiger partial charge on any atom is 0.0205 e. The Morgan fingerprint density at radius 1 is 0.429 bits per heavy atom. The summed E-state index contributed by atoms with van der Waals surface area (Å²) in [5.74, 6) is 1.46. The van der Waals surface area contributed by atoms with Crippen LogP contribution in [0.5, 0.6) is 0 Å². The fraction of sp³-hybridized carbons (Fsp3) is 0.667. The van der Waals surface area contributed by atoms with E-state index in [4.69, 9.17) is 0 Å². The first-order chi connectivity index (χ1) is 20.5. The second-order valence-electron chi connectivity index (χ2n) is 12.6. The van der Waals surface area contributed by atoms with E-state index in [1.807, 2.05) is 0 Å². The minimum Gasteiger partial charge on any atom is -0.317 e. The highest BCUT2D eigenvalue weighted by molar-refractivity contribution is 5.65. The van der Waals surface area contributed by atoms with Crippen molar-refractivity contribution in [2.75, 3.05) is 65.4 Å². The summed E-state index contributed by atoms with van der Waals surface area (Å²) in [4.78, 5) is 0. The van der Waals surface area contributed by atoms with Crippen LogP contribution in [0.25, 0.3) is 11.1 Å². The topological polar surface area (TPSA) is 72.2 Å². The summed E-state index contributed by atoms with van der Waals surface area (Å²) in [6.07, 6.45) is 7.25. The van der Waals surface area contributed by atoms with Crippen molar-refractivity contribution in [1.29, 1.82) is 0 Å². The molecule has 0 saturated heterocycles. The zero-order chi connectivity index (χ0) is 30.1. The van der Waals surface area contributed by atoms with Crippen LogP contribution in [0.15, 0.2) is 48.5 Å². The molecule has 0 bridgehead atoms. The summed E-state index contributed by atoms with van der Waals surface area (Å²) in [7, 11) is 0. The highest BCUT2D eigenvalue weighted by Gasteiger charge is 2.04. The third kappa shape index (κ3) is 19.4. The molecular weight excluding hydrogens is 516 g/mol. The Hall–Kier alpha value is -1.80. The lowest BCUT2D eigenvalue weighted by atomic mass is 9.99. The Balaban J connectivity index is 1.62. The van der Waals surface area contributed by atoms with Gasteiger partial charge in [-0.3, -0.25) is 0 Å². The molecule has 0 aliphatic heterocycles. The highest BCUT2D eigenvalue weighted by Crippen LogP contribution is 2.22. The number of unbranched alkanes of at least 4 members (excludes halogenated alkanes) is 2. The molecule has 0 aromatic heterocycles. The standard InChI is InChI=1S/C36H64N6/c1-31(2)27-39-22-12-20-37-16-8-10-18-41-29-33-24-34(26-36(25-33)35-14-6-5-7-15-35)30-42-19-11-9-17-38-21-13-23-40-28-32(3)4/h5-7,14-15,24-26,31-32,37-42H,8-13,16-23,27-30H2,1-4H3. The van der Waals surface area contributed by atoms with E-state index in [2.05, 4.69) is 108 Å². The van der Waals surface area contributed by atoms with Gasteiger partial charge >= 0.3 is 0 Å². The molecule has 2 aromatic carbocycles. The van der Waals surface area contributed by atoms with Crippen LogP contribution in [0, 0.1) is 11.8 Å². The fourth-order valence-electron chi connectivity index (χ4n) is 4.94. The second-order valence-corrected chi connectivity index (χ2v) is 12.6. The maximum absolute atomic E-state index is 3.68. The molecule has 0 unspecified atom stereocenters. The predicted molar refractivity (Wildman–Crippen MR) is 184 cm³/mol. The maximum atomic E-state index is 3.68. The van der Waals surface area contributed by atoms with Gasteiger partial charge < -0.3 is 31.9 Å². The van der Waals surface area contributed by atoms with Crippen molar-refractivity contribution in [2.45, 2.75) is 79.3 Å². The zero-order valence-electron chi connectivity index (χ0n) is 27.5. The van der Waals surface area contributed by atoms with E-state index < -0.39 is 0 Å². The van der Waals surface area contributed by atoms with Crippen molar-refractivity contribution in [3.05, 3.63) is 59.7 Å².